The standard InChI is InChI=1S/C4H11N.C3H9N.C3H8/c1-2-3-4-5;1-2-3-4;1-3-2/h2-5H2,1H3;2-4H2,1H3;3H2,1-2H3. The third kappa shape index (κ3) is 92.6. The van der Waals surface area contributed by atoms with E-state index in [0.29, 0.717) is 0 Å². The van der Waals surface area contributed by atoms with Crippen molar-refractivity contribution in [3.05, 3.63) is 0 Å². The number of unbranched alkanes of at least 4 members (excludes halogenated alkanes) is 1. The second kappa shape index (κ2) is 30.7. The molecular weight excluding hydrogens is 148 g/mol. The van der Waals surface area contributed by atoms with Crippen LogP contribution in [0.1, 0.15) is 53.4 Å². The summed E-state index contributed by atoms with van der Waals surface area (Å²) in [5.41, 5.74) is 10.2. The summed E-state index contributed by atoms with van der Waals surface area (Å²) in [4.78, 5) is 0. The Morgan fingerprint density at radius 3 is 1.08 bits per heavy atom. The van der Waals surface area contributed by atoms with Crippen LogP contribution in [-0.4, -0.2) is 13.1 Å². The minimum atomic E-state index is 0.819. The predicted molar refractivity (Wildman–Crippen MR) is 59.3 cm³/mol. The van der Waals surface area contributed by atoms with Crippen LogP contribution in [0, 0.1) is 0 Å². The summed E-state index contributed by atoms with van der Waals surface area (Å²) in [6.45, 7) is 10.1. The third-order valence-electron chi connectivity index (χ3n) is 0.846. The molecule has 0 radical (unpaired) electrons. The zero-order valence-corrected chi connectivity index (χ0v) is 9.40. The number of hydrogen-bond acceptors (Lipinski definition) is 2. The highest BCUT2D eigenvalue weighted by molar-refractivity contribution is 4.29. The van der Waals surface area contributed by atoms with Crippen molar-refractivity contribution < 1.29 is 0 Å². The Bertz CT molecular complexity index is 34.8. The van der Waals surface area contributed by atoms with Gasteiger partial charge in [-0.15, -0.1) is 0 Å². The third-order valence-corrected chi connectivity index (χ3v) is 0.846. The van der Waals surface area contributed by atoms with Gasteiger partial charge in [0.15, 0.2) is 0 Å². The first-order chi connectivity index (χ1) is 5.74. The minimum Gasteiger partial charge on any atom is -0.330 e. The van der Waals surface area contributed by atoms with Gasteiger partial charge in [0.1, 0.15) is 0 Å². The topological polar surface area (TPSA) is 52.0 Å². The van der Waals surface area contributed by atoms with Crippen molar-refractivity contribution in [2.24, 2.45) is 11.5 Å². The second-order valence-electron chi connectivity index (χ2n) is 2.64. The van der Waals surface area contributed by atoms with Gasteiger partial charge < -0.3 is 11.5 Å². The Labute approximate surface area is 78.7 Å². The molecule has 0 fully saturated rings. The van der Waals surface area contributed by atoms with Crippen molar-refractivity contribution in [2.45, 2.75) is 53.4 Å². The molecule has 0 saturated heterocycles. The van der Waals surface area contributed by atoms with Gasteiger partial charge in [0.2, 0.25) is 0 Å². The Hall–Kier alpha value is -0.0800. The van der Waals surface area contributed by atoms with Crippen LogP contribution in [0.25, 0.3) is 0 Å². The number of hydrogen-bond donors (Lipinski definition) is 2. The smallest absolute Gasteiger partial charge is 0.00774 e. The van der Waals surface area contributed by atoms with Crippen molar-refractivity contribution in [1.82, 2.24) is 0 Å². The van der Waals surface area contributed by atoms with E-state index in [0.717, 1.165) is 19.5 Å². The molecule has 4 N–H and O–H groups in total. The fraction of sp³-hybridized carbons (Fsp3) is 1.00. The fourth-order valence-corrected chi connectivity index (χ4v) is 0.204. The average molecular weight is 176 g/mol. The molecular formula is C10H28N2. The lowest BCUT2D eigenvalue weighted by Gasteiger charge is -1.80. The van der Waals surface area contributed by atoms with Gasteiger partial charge in [-0.25, -0.2) is 0 Å². The molecule has 0 saturated carbocycles. The van der Waals surface area contributed by atoms with Crippen LogP contribution in [-0.2, 0) is 0 Å². The van der Waals surface area contributed by atoms with Gasteiger partial charge in [-0.05, 0) is 25.9 Å². The van der Waals surface area contributed by atoms with Crippen LogP contribution in [0.5, 0.6) is 0 Å². The van der Waals surface area contributed by atoms with Crippen molar-refractivity contribution in [3.63, 3.8) is 0 Å². The Morgan fingerprint density at radius 1 is 0.750 bits per heavy atom. The molecule has 78 valence electrons. The first-order valence-corrected chi connectivity index (χ1v) is 5.14. The summed E-state index contributed by atoms with van der Waals surface area (Å²) in [5, 5.41) is 0. The SMILES string of the molecule is CCC.CCCCN.CCCN. The van der Waals surface area contributed by atoms with E-state index in [1.54, 1.807) is 0 Å². The zero-order chi connectivity index (χ0) is 10.2. The highest BCUT2D eigenvalue weighted by atomic mass is 14.5. The molecule has 0 aliphatic rings. The van der Waals surface area contributed by atoms with Crippen molar-refractivity contribution in [3.8, 4) is 0 Å². The quantitative estimate of drug-likeness (QED) is 0.694. The molecule has 0 aromatic heterocycles. The van der Waals surface area contributed by atoms with Gasteiger partial charge in [-0.2, -0.15) is 0 Å². The van der Waals surface area contributed by atoms with Gasteiger partial charge >= 0.3 is 0 Å². The van der Waals surface area contributed by atoms with E-state index in [1.165, 1.54) is 19.3 Å². The number of nitrogens with two attached hydrogens (primary N) is 2. The maximum absolute atomic E-state index is 5.14. The Morgan fingerprint density at radius 2 is 1.08 bits per heavy atom. The summed E-state index contributed by atoms with van der Waals surface area (Å²) in [7, 11) is 0. The molecule has 0 bridgehead atoms. The lowest BCUT2D eigenvalue weighted by molar-refractivity contribution is 0.807. The van der Waals surface area contributed by atoms with Crippen molar-refractivity contribution in [2.75, 3.05) is 13.1 Å². The average Bonchev–Trinajstić information content (AvgIpc) is 2.08. The van der Waals surface area contributed by atoms with E-state index in [1.807, 2.05) is 0 Å². The molecule has 12 heavy (non-hydrogen) atoms. The molecule has 0 unspecified atom stereocenters. The molecule has 0 aromatic rings. The summed E-state index contributed by atoms with van der Waals surface area (Å²) < 4.78 is 0. The van der Waals surface area contributed by atoms with Crippen LogP contribution in [0.15, 0.2) is 0 Å². The molecule has 2 heteroatoms. The lowest BCUT2D eigenvalue weighted by atomic mass is 10.3. The minimum absolute atomic E-state index is 0.819. The van der Waals surface area contributed by atoms with Gasteiger partial charge in [0.05, 0.1) is 0 Å². The van der Waals surface area contributed by atoms with Gasteiger partial charge in [0.25, 0.3) is 0 Å². The van der Waals surface area contributed by atoms with Crippen LogP contribution >= 0.6 is 0 Å². The van der Waals surface area contributed by atoms with E-state index in [4.69, 9.17) is 11.5 Å². The maximum Gasteiger partial charge on any atom is -0.00774 e. The molecule has 0 aliphatic heterocycles. The molecule has 0 rings (SSSR count). The van der Waals surface area contributed by atoms with Crippen LogP contribution in [0.3, 0.4) is 0 Å². The van der Waals surface area contributed by atoms with Gasteiger partial charge in [0, 0.05) is 0 Å². The summed E-state index contributed by atoms with van der Waals surface area (Å²) in [5.74, 6) is 0. The summed E-state index contributed by atoms with van der Waals surface area (Å²) >= 11 is 0. The normalized spacial score (nSPS) is 7.50. The van der Waals surface area contributed by atoms with Crippen LogP contribution in [0.4, 0.5) is 0 Å². The Balaban J connectivity index is -0.000000105. The zero-order valence-electron chi connectivity index (χ0n) is 9.40. The van der Waals surface area contributed by atoms with E-state index in [9.17, 15) is 0 Å². The second-order valence-corrected chi connectivity index (χ2v) is 2.64. The first-order valence-electron chi connectivity index (χ1n) is 5.14. The molecule has 0 heterocycles. The number of rotatable bonds is 3. The van der Waals surface area contributed by atoms with Gasteiger partial charge in [-0.3, -0.25) is 0 Å². The molecule has 0 atom stereocenters. The van der Waals surface area contributed by atoms with Crippen LogP contribution in [0.2, 0.25) is 0 Å². The predicted octanol–water partition coefficient (Wildman–Crippen LogP) is 2.52. The largest absolute Gasteiger partial charge is 0.330 e. The highest BCUT2D eigenvalue weighted by Crippen LogP contribution is 1.77. The molecule has 0 spiro atoms. The fourth-order valence-electron chi connectivity index (χ4n) is 0.204. The maximum atomic E-state index is 5.14. The molecule has 2 nitrogen and oxygen atoms in total. The van der Waals surface area contributed by atoms with Crippen molar-refractivity contribution >= 4 is 0 Å². The molecule has 0 aromatic carbocycles. The highest BCUT2D eigenvalue weighted by Gasteiger charge is 1.67. The van der Waals surface area contributed by atoms with Gasteiger partial charge in [-0.1, -0.05) is 40.5 Å². The van der Waals surface area contributed by atoms with E-state index in [2.05, 4.69) is 27.7 Å². The van der Waals surface area contributed by atoms with E-state index in [-0.39, 0.29) is 0 Å². The summed E-state index contributed by atoms with van der Waals surface area (Å²) in [6, 6.07) is 0. The molecule has 0 amide bonds. The monoisotopic (exact) mass is 176 g/mol. The van der Waals surface area contributed by atoms with E-state index >= 15 is 0 Å². The Kier molecular flexibility index (Phi) is 45.6. The van der Waals surface area contributed by atoms with Crippen molar-refractivity contribution in [1.29, 1.82) is 0 Å². The lowest BCUT2D eigenvalue weighted by Crippen LogP contribution is -1.95. The van der Waals surface area contributed by atoms with Crippen LogP contribution < -0.4 is 11.5 Å². The van der Waals surface area contributed by atoms with E-state index < -0.39 is 0 Å². The first kappa shape index (κ1) is 17.9. The summed E-state index contributed by atoms with van der Waals surface area (Å²) in [6.07, 6.45) is 4.73. The molecule has 0 aliphatic carbocycles.